The van der Waals surface area contributed by atoms with Gasteiger partial charge in [-0.3, -0.25) is 14.5 Å². The molecule has 0 fully saturated rings. The van der Waals surface area contributed by atoms with Crippen molar-refractivity contribution in [3.63, 3.8) is 0 Å². The first-order valence-electron chi connectivity index (χ1n) is 9.55. The van der Waals surface area contributed by atoms with Crippen LogP contribution in [-0.2, 0) is 16.0 Å². The van der Waals surface area contributed by atoms with Crippen LogP contribution >= 0.6 is 11.8 Å². The summed E-state index contributed by atoms with van der Waals surface area (Å²) in [4.78, 5) is 27.6. The minimum Gasteiger partial charge on any atom is -0.348 e. The fourth-order valence-corrected chi connectivity index (χ4v) is 4.18. The van der Waals surface area contributed by atoms with Crippen molar-refractivity contribution in [2.24, 2.45) is 0 Å². The van der Waals surface area contributed by atoms with Gasteiger partial charge < -0.3 is 10.6 Å². The summed E-state index contributed by atoms with van der Waals surface area (Å²) in [5.74, 6) is -0.179. The Morgan fingerprint density at radius 2 is 1.79 bits per heavy atom. The number of likely N-dealkylation sites (N-methyl/N-ethyl adjacent to an activating group) is 1. The van der Waals surface area contributed by atoms with E-state index in [2.05, 4.69) is 22.8 Å². The van der Waals surface area contributed by atoms with E-state index < -0.39 is 0 Å². The molecule has 6 heteroatoms. The number of aryl methyl sites for hydroxylation is 1. The topological polar surface area (TPSA) is 61.4 Å². The van der Waals surface area contributed by atoms with Crippen LogP contribution < -0.4 is 10.6 Å². The van der Waals surface area contributed by atoms with Crippen LogP contribution in [0.1, 0.15) is 30.0 Å². The standard InChI is InChI=1S/C22H27N3O2S/c1-25(15-22(27)24-19-11-5-6-13-20(19)28-2)14-21(26)23-18-12-7-9-16-8-3-4-10-17(16)18/h3-6,8,10-11,13,18H,7,9,12,14-15H2,1-2H3,(H,23,26)(H,24,27). The molecule has 28 heavy (non-hydrogen) atoms. The van der Waals surface area contributed by atoms with Gasteiger partial charge in [0.1, 0.15) is 0 Å². The Kier molecular flexibility index (Phi) is 7.12. The molecule has 2 amide bonds. The van der Waals surface area contributed by atoms with Crippen LogP contribution in [0.25, 0.3) is 0 Å². The number of anilines is 1. The highest BCUT2D eigenvalue weighted by Crippen LogP contribution is 2.29. The first-order chi connectivity index (χ1) is 13.6. The molecule has 2 aromatic rings. The van der Waals surface area contributed by atoms with Crippen molar-refractivity contribution in [3.05, 3.63) is 59.7 Å². The van der Waals surface area contributed by atoms with Gasteiger partial charge >= 0.3 is 0 Å². The van der Waals surface area contributed by atoms with Gasteiger partial charge in [0.25, 0.3) is 0 Å². The molecule has 0 saturated carbocycles. The number of fused-ring (bicyclic) bond motifs is 1. The number of thioether (sulfide) groups is 1. The second-order valence-corrected chi connectivity index (χ2v) is 7.98. The first-order valence-corrected chi connectivity index (χ1v) is 10.8. The summed E-state index contributed by atoms with van der Waals surface area (Å²) in [6.45, 7) is 0.355. The van der Waals surface area contributed by atoms with Crippen molar-refractivity contribution >= 4 is 29.3 Å². The Hall–Kier alpha value is -2.31. The predicted octanol–water partition coefficient (Wildman–Crippen LogP) is 3.47. The number of benzene rings is 2. The predicted molar refractivity (Wildman–Crippen MR) is 115 cm³/mol. The van der Waals surface area contributed by atoms with Gasteiger partial charge in [-0.1, -0.05) is 36.4 Å². The van der Waals surface area contributed by atoms with Crippen LogP contribution in [-0.4, -0.2) is 43.1 Å². The maximum atomic E-state index is 12.5. The number of carbonyl (C=O) groups is 2. The van der Waals surface area contributed by atoms with Gasteiger partial charge in [0.05, 0.1) is 24.8 Å². The summed E-state index contributed by atoms with van der Waals surface area (Å²) in [5.41, 5.74) is 3.34. The zero-order chi connectivity index (χ0) is 19.9. The van der Waals surface area contributed by atoms with Crippen LogP contribution in [0.4, 0.5) is 5.69 Å². The number of para-hydroxylation sites is 1. The van der Waals surface area contributed by atoms with Crippen LogP contribution in [0.2, 0.25) is 0 Å². The third kappa shape index (κ3) is 5.36. The van der Waals surface area contributed by atoms with Gasteiger partial charge in [-0.2, -0.15) is 0 Å². The quantitative estimate of drug-likeness (QED) is 0.703. The first kappa shape index (κ1) is 20.4. The third-order valence-electron chi connectivity index (χ3n) is 4.91. The van der Waals surface area contributed by atoms with Crippen LogP contribution in [0.3, 0.4) is 0 Å². The average molecular weight is 398 g/mol. The molecular weight excluding hydrogens is 370 g/mol. The Labute approximate surface area is 170 Å². The molecule has 0 bridgehead atoms. The van der Waals surface area contributed by atoms with E-state index in [1.165, 1.54) is 11.1 Å². The number of nitrogens with zero attached hydrogens (tertiary/aromatic N) is 1. The lowest BCUT2D eigenvalue weighted by Crippen LogP contribution is -2.40. The highest BCUT2D eigenvalue weighted by Gasteiger charge is 2.22. The molecule has 0 saturated heterocycles. The zero-order valence-electron chi connectivity index (χ0n) is 16.4. The largest absolute Gasteiger partial charge is 0.348 e. The number of hydrogen-bond acceptors (Lipinski definition) is 4. The van der Waals surface area contributed by atoms with Crippen molar-refractivity contribution in [1.29, 1.82) is 0 Å². The Morgan fingerprint density at radius 1 is 1.07 bits per heavy atom. The molecular formula is C22H27N3O2S. The van der Waals surface area contributed by atoms with E-state index in [0.717, 1.165) is 29.8 Å². The molecule has 0 heterocycles. The summed E-state index contributed by atoms with van der Waals surface area (Å²) in [5, 5.41) is 6.06. The Morgan fingerprint density at radius 3 is 2.61 bits per heavy atom. The molecule has 2 aromatic carbocycles. The van der Waals surface area contributed by atoms with Gasteiger partial charge in [-0.05, 0) is 55.8 Å². The van der Waals surface area contributed by atoms with Gasteiger partial charge in [-0.25, -0.2) is 0 Å². The smallest absolute Gasteiger partial charge is 0.238 e. The Bertz CT molecular complexity index is 840. The number of rotatable bonds is 7. The second kappa shape index (κ2) is 9.75. The summed E-state index contributed by atoms with van der Waals surface area (Å²) in [7, 11) is 1.79. The monoisotopic (exact) mass is 397 g/mol. The fourth-order valence-electron chi connectivity index (χ4n) is 3.63. The zero-order valence-corrected chi connectivity index (χ0v) is 17.2. The highest BCUT2D eigenvalue weighted by molar-refractivity contribution is 7.98. The van der Waals surface area contributed by atoms with E-state index in [0.29, 0.717) is 0 Å². The van der Waals surface area contributed by atoms with Crippen LogP contribution in [0.5, 0.6) is 0 Å². The molecule has 3 rings (SSSR count). The lowest BCUT2D eigenvalue weighted by atomic mass is 9.88. The number of hydrogen-bond donors (Lipinski definition) is 2. The van der Waals surface area contributed by atoms with E-state index in [-0.39, 0.29) is 30.9 Å². The lowest BCUT2D eigenvalue weighted by Gasteiger charge is -2.27. The summed E-state index contributed by atoms with van der Waals surface area (Å²) in [6.07, 6.45) is 5.08. The summed E-state index contributed by atoms with van der Waals surface area (Å²) < 4.78 is 0. The van der Waals surface area contributed by atoms with Crippen molar-refractivity contribution in [1.82, 2.24) is 10.2 Å². The number of carbonyl (C=O) groups excluding carboxylic acids is 2. The molecule has 0 radical (unpaired) electrons. The normalized spacial score (nSPS) is 15.8. The molecule has 0 aromatic heterocycles. The summed E-state index contributed by atoms with van der Waals surface area (Å²) >= 11 is 1.59. The molecule has 1 unspecified atom stereocenters. The second-order valence-electron chi connectivity index (χ2n) is 7.13. The third-order valence-corrected chi connectivity index (χ3v) is 5.71. The van der Waals surface area contributed by atoms with Crippen LogP contribution in [0, 0.1) is 0 Å². The van der Waals surface area contributed by atoms with E-state index >= 15 is 0 Å². The van der Waals surface area contributed by atoms with Gasteiger partial charge in [0.2, 0.25) is 11.8 Å². The molecule has 0 aliphatic heterocycles. The minimum absolute atomic E-state index is 0.0542. The van der Waals surface area contributed by atoms with E-state index in [1.54, 1.807) is 23.7 Å². The van der Waals surface area contributed by atoms with Gasteiger partial charge in [-0.15, -0.1) is 11.8 Å². The molecule has 2 N–H and O–H groups in total. The van der Waals surface area contributed by atoms with E-state index in [9.17, 15) is 9.59 Å². The Balaban J connectivity index is 1.50. The number of nitrogens with one attached hydrogen (secondary N) is 2. The maximum Gasteiger partial charge on any atom is 0.238 e. The SMILES string of the molecule is CSc1ccccc1NC(=O)CN(C)CC(=O)NC1CCCc2ccccc21. The summed E-state index contributed by atoms with van der Waals surface area (Å²) in [6, 6.07) is 16.1. The van der Waals surface area contributed by atoms with Crippen molar-refractivity contribution in [2.45, 2.75) is 30.2 Å². The number of amides is 2. The molecule has 148 valence electrons. The highest BCUT2D eigenvalue weighted by atomic mass is 32.2. The van der Waals surface area contributed by atoms with Crippen molar-refractivity contribution < 1.29 is 9.59 Å². The van der Waals surface area contributed by atoms with Crippen molar-refractivity contribution in [3.8, 4) is 0 Å². The lowest BCUT2D eigenvalue weighted by molar-refractivity contribution is -0.123. The minimum atomic E-state index is -0.125. The van der Waals surface area contributed by atoms with Gasteiger partial charge in [0, 0.05) is 4.90 Å². The molecule has 1 aliphatic carbocycles. The van der Waals surface area contributed by atoms with E-state index in [4.69, 9.17) is 0 Å². The maximum absolute atomic E-state index is 12.5. The fraction of sp³-hybridized carbons (Fsp3) is 0.364. The molecule has 1 aliphatic rings. The van der Waals surface area contributed by atoms with Crippen LogP contribution in [0.15, 0.2) is 53.4 Å². The van der Waals surface area contributed by atoms with E-state index in [1.807, 2.05) is 42.7 Å². The molecule has 5 nitrogen and oxygen atoms in total. The molecule has 1 atom stereocenters. The van der Waals surface area contributed by atoms with Gasteiger partial charge in [0.15, 0.2) is 0 Å². The molecule has 0 spiro atoms. The van der Waals surface area contributed by atoms with Crippen molar-refractivity contribution in [2.75, 3.05) is 31.7 Å². The average Bonchev–Trinajstić information content (AvgIpc) is 2.68.